The van der Waals surface area contributed by atoms with Crippen molar-refractivity contribution >= 4 is 15.9 Å². The van der Waals surface area contributed by atoms with Crippen LogP contribution in [0.5, 0.6) is 11.5 Å². The van der Waals surface area contributed by atoms with Gasteiger partial charge in [0.25, 0.3) is 0 Å². The predicted molar refractivity (Wildman–Crippen MR) is 83.9 cm³/mol. The van der Waals surface area contributed by atoms with E-state index < -0.39 is 10.0 Å². The Bertz CT molecular complexity index is 696. The van der Waals surface area contributed by atoms with E-state index in [1.807, 2.05) is 18.2 Å². The molecule has 1 fully saturated rings. The van der Waals surface area contributed by atoms with Gasteiger partial charge in [-0.1, -0.05) is 6.07 Å². The summed E-state index contributed by atoms with van der Waals surface area (Å²) in [5, 5.41) is 0. The summed E-state index contributed by atoms with van der Waals surface area (Å²) in [6.45, 7) is 1.88. The van der Waals surface area contributed by atoms with Crippen LogP contribution in [0.1, 0.15) is 12.0 Å². The number of amides is 1. The van der Waals surface area contributed by atoms with Gasteiger partial charge in [-0.15, -0.1) is 0 Å². The zero-order valence-corrected chi connectivity index (χ0v) is 13.8. The van der Waals surface area contributed by atoms with E-state index in [2.05, 4.69) is 0 Å². The molecule has 3 rings (SSSR count). The number of carbonyl (C=O) groups excluding carboxylic acids is 1. The highest BCUT2D eigenvalue weighted by Crippen LogP contribution is 2.32. The molecule has 23 heavy (non-hydrogen) atoms. The van der Waals surface area contributed by atoms with Crippen LogP contribution in [0, 0.1) is 0 Å². The Morgan fingerprint density at radius 3 is 2.52 bits per heavy atom. The highest BCUT2D eigenvalue weighted by Gasteiger charge is 2.25. The molecule has 2 aliphatic heterocycles. The van der Waals surface area contributed by atoms with Gasteiger partial charge in [0.1, 0.15) is 0 Å². The van der Waals surface area contributed by atoms with Gasteiger partial charge in [-0.3, -0.25) is 4.79 Å². The van der Waals surface area contributed by atoms with Crippen molar-refractivity contribution in [2.24, 2.45) is 0 Å². The second-order valence-corrected chi connectivity index (χ2v) is 7.71. The average Bonchev–Trinajstić information content (AvgIpc) is 2.99. The van der Waals surface area contributed by atoms with Crippen molar-refractivity contribution in [3.05, 3.63) is 23.8 Å². The summed E-state index contributed by atoms with van der Waals surface area (Å²) in [5.74, 6) is 1.50. The van der Waals surface area contributed by atoms with Crippen LogP contribution in [0.3, 0.4) is 0 Å². The van der Waals surface area contributed by atoms with E-state index in [1.54, 1.807) is 4.90 Å². The van der Waals surface area contributed by atoms with Crippen molar-refractivity contribution in [1.82, 2.24) is 9.21 Å². The Balaban J connectivity index is 1.50. The van der Waals surface area contributed by atoms with Gasteiger partial charge in [-0.05, 0) is 24.1 Å². The molecule has 0 radical (unpaired) electrons. The lowest BCUT2D eigenvalue weighted by atomic mass is 10.1. The highest BCUT2D eigenvalue weighted by atomic mass is 32.2. The number of fused-ring (bicyclic) bond motifs is 1. The molecule has 2 aliphatic rings. The zero-order valence-electron chi connectivity index (χ0n) is 13.0. The minimum Gasteiger partial charge on any atom is -0.454 e. The topological polar surface area (TPSA) is 76.2 Å². The molecule has 0 unspecified atom stereocenters. The summed E-state index contributed by atoms with van der Waals surface area (Å²) in [6.07, 6.45) is 2.23. The molecule has 1 aromatic rings. The van der Waals surface area contributed by atoms with E-state index in [0.29, 0.717) is 39.0 Å². The average molecular weight is 340 g/mol. The van der Waals surface area contributed by atoms with E-state index in [1.165, 1.54) is 10.6 Å². The number of aryl methyl sites for hydroxylation is 1. The number of piperazine rings is 1. The third-order valence-corrected chi connectivity index (χ3v) is 5.43. The smallest absolute Gasteiger partial charge is 0.231 e. The van der Waals surface area contributed by atoms with Gasteiger partial charge in [-0.25, -0.2) is 8.42 Å². The number of hydrogen-bond donors (Lipinski definition) is 0. The van der Waals surface area contributed by atoms with E-state index >= 15 is 0 Å². The summed E-state index contributed by atoms with van der Waals surface area (Å²) in [4.78, 5) is 14.0. The van der Waals surface area contributed by atoms with Crippen LogP contribution in [-0.2, 0) is 21.2 Å². The van der Waals surface area contributed by atoms with Crippen molar-refractivity contribution < 1.29 is 22.7 Å². The fraction of sp³-hybridized carbons (Fsp3) is 0.533. The van der Waals surface area contributed by atoms with Crippen LogP contribution in [-0.4, -0.2) is 62.8 Å². The van der Waals surface area contributed by atoms with E-state index in [-0.39, 0.29) is 12.7 Å². The maximum absolute atomic E-state index is 12.3. The van der Waals surface area contributed by atoms with Crippen LogP contribution < -0.4 is 9.47 Å². The van der Waals surface area contributed by atoms with E-state index in [9.17, 15) is 13.2 Å². The summed E-state index contributed by atoms with van der Waals surface area (Å²) < 4.78 is 34.9. The molecule has 1 saturated heterocycles. The number of benzene rings is 1. The minimum atomic E-state index is -3.17. The Morgan fingerprint density at radius 1 is 1.13 bits per heavy atom. The van der Waals surface area contributed by atoms with Crippen molar-refractivity contribution in [1.29, 1.82) is 0 Å². The van der Waals surface area contributed by atoms with Gasteiger partial charge in [0, 0.05) is 32.6 Å². The molecule has 0 bridgehead atoms. The number of sulfonamides is 1. The molecule has 2 heterocycles. The maximum Gasteiger partial charge on any atom is 0.231 e. The van der Waals surface area contributed by atoms with Gasteiger partial charge in [0.2, 0.25) is 22.7 Å². The number of hydrogen-bond acceptors (Lipinski definition) is 5. The van der Waals surface area contributed by atoms with E-state index in [4.69, 9.17) is 9.47 Å². The van der Waals surface area contributed by atoms with Crippen LogP contribution >= 0.6 is 0 Å². The van der Waals surface area contributed by atoms with Crippen molar-refractivity contribution in [3.8, 4) is 11.5 Å². The standard InChI is InChI=1S/C15H20N2O5S/c1-23(19,20)17-8-6-16(7-9-17)15(18)5-3-12-2-4-13-14(10-12)22-11-21-13/h2,4,10H,3,5-9,11H2,1H3. The molecule has 8 heteroatoms. The van der Waals surface area contributed by atoms with Gasteiger partial charge < -0.3 is 14.4 Å². The number of carbonyl (C=O) groups is 1. The van der Waals surface area contributed by atoms with Crippen molar-refractivity contribution in [2.75, 3.05) is 39.2 Å². The maximum atomic E-state index is 12.3. The first kappa shape index (κ1) is 16.1. The first-order valence-corrected chi connectivity index (χ1v) is 9.40. The molecule has 1 aromatic carbocycles. The largest absolute Gasteiger partial charge is 0.454 e. The molecule has 0 N–H and O–H groups in total. The Hall–Kier alpha value is -1.80. The molecule has 7 nitrogen and oxygen atoms in total. The molecular weight excluding hydrogens is 320 g/mol. The Kier molecular flexibility index (Phi) is 4.45. The SMILES string of the molecule is CS(=O)(=O)N1CCN(C(=O)CCc2ccc3c(c2)OCO3)CC1. The van der Waals surface area contributed by atoms with Crippen LogP contribution in [0.15, 0.2) is 18.2 Å². The lowest BCUT2D eigenvalue weighted by molar-refractivity contribution is -0.132. The predicted octanol–water partition coefficient (Wildman–Crippen LogP) is 0.452. The minimum absolute atomic E-state index is 0.0517. The molecule has 126 valence electrons. The van der Waals surface area contributed by atoms with Crippen LogP contribution in [0.4, 0.5) is 0 Å². The first-order valence-electron chi connectivity index (χ1n) is 7.55. The molecular formula is C15H20N2O5S. The summed E-state index contributed by atoms with van der Waals surface area (Å²) in [6, 6.07) is 5.69. The van der Waals surface area contributed by atoms with Gasteiger partial charge in [0.05, 0.1) is 6.26 Å². The van der Waals surface area contributed by atoms with Crippen LogP contribution in [0.25, 0.3) is 0 Å². The molecule has 0 atom stereocenters. The normalized spacial score (nSPS) is 18.2. The van der Waals surface area contributed by atoms with E-state index in [0.717, 1.165) is 17.1 Å². The molecule has 0 spiro atoms. The Labute approximate surface area is 135 Å². The summed E-state index contributed by atoms with van der Waals surface area (Å²) >= 11 is 0. The monoisotopic (exact) mass is 340 g/mol. The quantitative estimate of drug-likeness (QED) is 0.795. The van der Waals surface area contributed by atoms with Gasteiger partial charge >= 0.3 is 0 Å². The lowest BCUT2D eigenvalue weighted by Gasteiger charge is -2.33. The first-order chi connectivity index (χ1) is 10.9. The van der Waals surface area contributed by atoms with Gasteiger partial charge in [0.15, 0.2) is 11.5 Å². The van der Waals surface area contributed by atoms with Crippen molar-refractivity contribution in [3.63, 3.8) is 0 Å². The fourth-order valence-corrected chi connectivity index (χ4v) is 3.60. The van der Waals surface area contributed by atoms with Crippen LogP contribution in [0.2, 0.25) is 0 Å². The highest BCUT2D eigenvalue weighted by molar-refractivity contribution is 7.88. The number of nitrogens with zero attached hydrogens (tertiary/aromatic N) is 2. The second-order valence-electron chi connectivity index (χ2n) is 5.73. The second kappa shape index (κ2) is 6.37. The van der Waals surface area contributed by atoms with Gasteiger partial charge in [-0.2, -0.15) is 4.31 Å². The summed E-state index contributed by atoms with van der Waals surface area (Å²) in [7, 11) is -3.17. The van der Waals surface area contributed by atoms with Crippen molar-refractivity contribution in [2.45, 2.75) is 12.8 Å². The lowest BCUT2D eigenvalue weighted by Crippen LogP contribution is -2.50. The molecule has 0 aliphatic carbocycles. The zero-order chi connectivity index (χ0) is 16.4. The summed E-state index contributed by atoms with van der Waals surface area (Å²) in [5.41, 5.74) is 1.03. The molecule has 1 amide bonds. The number of rotatable bonds is 4. The third-order valence-electron chi connectivity index (χ3n) is 4.12. The number of ether oxygens (including phenoxy) is 2. The molecule has 0 aromatic heterocycles. The fourth-order valence-electron chi connectivity index (χ4n) is 2.77. The Morgan fingerprint density at radius 2 is 1.83 bits per heavy atom. The third kappa shape index (κ3) is 3.76. The molecule has 0 saturated carbocycles.